The van der Waals surface area contributed by atoms with Gasteiger partial charge in [-0.1, -0.05) is 6.07 Å². The SMILES string of the molecule is CC(O)CC(C)NC1CCc2cc(O)ccc21. The number of rotatable bonds is 4. The van der Waals surface area contributed by atoms with Crippen LogP contribution in [0.4, 0.5) is 0 Å². The zero-order chi connectivity index (χ0) is 12.4. The van der Waals surface area contributed by atoms with Crippen molar-refractivity contribution >= 4 is 0 Å². The zero-order valence-corrected chi connectivity index (χ0v) is 10.5. The standard InChI is InChI=1S/C14H21NO2/c1-9(7-10(2)16)15-14-6-3-11-8-12(17)4-5-13(11)14/h4-5,8-10,14-17H,3,6-7H2,1-2H3. The number of aliphatic hydroxyl groups excluding tert-OH is 1. The van der Waals surface area contributed by atoms with Gasteiger partial charge in [0.15, 0.2) is 0 Å². The topological polar surface area (TPSA) is 52.5 Å². The average Bonchev–Trinajstić information content (AvgIpc) is 2.59. The van der Waals surface area contributed by atoms with Crippen molar-refractivity contribution < 1.29 is 10.2 Å². The van der Waals surface area contributed by atoms with Crippen molar-refractivity contribution in [3.8, 4) is 5.75 Å². The second kappa shape index (κ2) is 5.07. The lowest BCUT2D eigenvalue weighted by molar-refractivity contribution is 0.168. The molecule has 0 amide bonds. The smallest absolute Gasteiger partial charge is 0.115 e. The van der Waals surface area contributed by atoms with Gasteiger partial charge >= 0.3 is 0 Å². The molecule has 1 aromatic rings. The second-order valence-corrected chi connectivity index (χ2v) is 5.13. The Morgan fingerprint density at radius 3 is 2.88 bits per heavy atom. The summed E-state index contributed by atoms with van der Waals surface area (Å²) in [6, 6.07) is 6.28. The molecule has 3 nitrogen and oxygen atoms in total. The summed E-state index contributed by atoms with van der Waals surface area (Å²) >= 11 is 0. The fourth-order valence-corrected chi connectivity index (χ4v) is 2.70. The number of hydrogen-bond donors (Lipinski definition) is 3. The summed E-state index contributed by atoms with van der Waals surface area (Å²) in [5.74, 6) is 0.349. The van der Waals surface area contributed by atoms with Gasteiger partial charge in [-0.25, -0.2) is 0 Å². The van der Waals surface area contributed by atoms with Gasteiger partial charge in [0.1, 0.15) is 5.75 Å². The number of aromatic hydroxyl groups is 1. The fraction of sp³-hybridized carbons (Fsp3) is 0.571. The molecule has 0 aromatic heterocycles. The highest BCUT2D eigenvalue weighted by atomic mass is 16.3. The van der Waals surface area contributed by atoms with E-state index in [1.54, 1.807) is 6.07 Å². The number of aryl methyl sites for hydroxylation is 1. The van der Waals surface area contributed by atoms with Crippen LogP contribution in [0, 0.1) is 0 Å². The molecular formula is C14H21NO2. The third kappa shape index (κ3) is 2.99. The predicted octanol–water partition coefficient (Wildman–Crippen LogP) is 2.13. The van der Waals surface area contributed by atoms with Gasteiger partial charge in [0.05, 0.1) is 6.10 Å². The van der Waals surface area contributed by atoms with Crippen LogP contribution in [0.25, 0.3) is 0 Å². The van der Waals surface area contributed by atoms with Crippen molar-refractivity contribution in [3.05, 3.63) is 29.3 Å². The van der Waals surface area contributed by atoms with E-state index in [2.05, 4.69) is 12.2 Å². The molecule has 3 atom stereocenters. The van der Waals surface area contributed by atoms with Gasteiger partial charge < -0.3 is 15.5 Å². The molecular weight excluding hydrogens is 214 g/mol. The van der Waals surface area contributed by atoms with Crippen LogP contribution in [-0.4, -0.2) is 22.4 Å². The summed E-state index contributed by atoms with van der Waals surface area (Å²) in [6.07, 6.45) is 2.59. The number of hydrogen-bond acceptors (Lipinski definition) is 3. The van der Waals surface area contributed by atoms with Crippen LogP contribution in [0.15, 0.2) is 18.2 Å². The summed E-state index contributed by atoms with van der Waals surface area (Å²) < 4.78 is 0. The van der Waals surface area contributed by atoms with E-state index in [1.165, 1.54) is 11.1 Å². The van der Waals surface area contributed by atoms with Gasteiger partial charge in [-0.2, -0.15) is 0 Å². The molecule has 0 bridgehead atoms. The number of phenols is 1. The van der Waals surface area contributed by atoms with Crippen molar-refractivity contribution in [1.29, 1.82) is 0 Å². The summed E-state index contributed by atoms with van der Waals surface area (Å²) in [5, 5.41) is 22.3. The average molecular weight is 235 g/mol. The van der Waals surface area contributed by atoms with E-state index in [1.807, 2.05) is 19.1 Å². The van der Waals surface area contributed by atoms with Crippen molar-refractivity contribution in [1.82, 2.24) is 5.32 Å². The monoisotopic (exact) mass is 235 g/mol. The van der Waals surface area contributed by atoms with Crippen LogP contribution in [0.3, 0.4) is 0 Å². The molecule has 0 saturated carbocycles. The highest BCUT2D eigenvalue weighted by Gasteiger charge is 2.23. The number of benzene rings is 1. The fourth-order valence-electron chi connectivity index (χ4n) is 2.70. The second-order valence-electron chi connectivity index (χ2n) is 5.13. The van der Waals surface area contributed by atoms with E-state index in [0.717, 1.165) is 19.3 Å². The Kier molecular flexibility index (Phi) is 3.69. The first kappa shape index (κ1) is 12.4. The lowest BCUT2D eigenvalue weighted by atomic mass is 10.1. The zero-order valence-electron chi connectivity index (χ0n) is 10.5. The molecule has 0 saturated heterocycles. The highest BCUT2D eigenvalue weighted by Crippen LogP contribution is 2.33. The Balaban J connectivity index is 2.02. The maximum atomic E-state index is 9.43. The molecule has 94 valence electrons. The Morgan fingerprint density at radius 1 is 1.41 bits per heavy atom. The van der Waals surface area contributed by atoms with Gasteiger partial charge in [0.2, 0.25) is 0 Å². The first-order valence-electron chi connectivity index (χ1n) is 6.32. The van der Waals surface area contributed by atoms with E-state index >= 15 is 0 Å². The minimum Gasteiger partial charge on any atom is -0.508 e. The van der Waals surface area contributed by atoms with E-state index in [4.69, 9.17) is 0 Å². The van der Waals surface area contributed by atoms with E-state index < -0.39 is 0 Å². The Bertz CT molecular complexity index is 390. The van der Waals surface area contributed by atoms with Gasteiger partial charge in [0.25, 0.3) is 0 Å². The molecule has 17 heavy (non-hydrogen) atoms. The predicted molar refractivity (Wildman–Crippen MR) is 68.1 cm³/mol. The van der Waals surface area contributed by atoms with Crippen molar-refractivity contribution in [2.24, 2.45) is 0 Å². The van der Waals surface area contributed by atoms with Gasteiger partial charge in [0, 0.05) is 12.1 Å². The van der Waals surface area contributed by atoms with E-state index in [9.17, 15) is 10.2 Å². The Hall–Kier alpha value is -1.06. The summed E-state index contributed by atoms with van der Waals surface area (Å²) in [6.45, 7) is 3.92. The van der Waals surface area contributed by atoms with Crippen LogP contribution in [0.1, 0.15) is 43.9 Å². The lowest BCUT2D eigenvalue weighted by Crippen LogP contribution is -2.31. The van der Waals surface area contributed by atoms with Crippen LogP contribution in [0.5, 0.6) is 5.75 Å². The molecule has 3 unspecified atom stereocenters. The largest absolute Gasteiger partial charge is 0.508 e. The normalized spacial score (nSPS) is 22.2. The molecule has 0 aliphatic heterocycles. The number of phenolic OH excluding ortho intramolecular Hbond substituents is 1. The molecule has 1 aliphatic carbocycles. The van der Waals surface area contributed by atoms with Gasteiger partial charge in [-0.15, -0.1) is 0 Å². The maximum absolute atomic E-state index is 9.43. The van der Waals surface area contributed by atoms with Crippen LogP contribution in [-0.2, 0) is 6.42 Å². The van der Waals surface area contributed by atoms with E-state index in [0.29, 0.717) is 17.8 Å². The maximum Gasteiger partial charge on any atom is 0.115 e. The van der Waals surface area contributed by atoms with Gasteiger partial charge in [-0.3, -0.25) is 0 Å². The number of nitrogens with one attached hydrogen (secondary N) is 1. The van der Waals surface area contributed by atoms with E-state index in [-0.39, 0.29) is 6.10 Å². The lowest BCUT2D eigenvalue weighted by Gasteiger charge is -2.21. The molecule has 1 aliphatic rings. The highest BCUT2D eigenvalue weighted by molar-refractivity contribution is 5.40. The summed E-state index contributed by atoms with van der Waals surface area (Å²) in [4.78, 5) is 0. The van der Waals surface area contributed by atoms with Crippen molar-refractivity contribution in [3.63, 3.8) is 0 Å². The van der Waals surface area contributed by atoms with Crippen LogP contribution < -0.4 is 5.32 Å². The van der Waals surface area contributed by atoms with Crippen LogP contribution in [0.2, 0.25) is 0 Å². The number of fused-ring (bicyclic) bond motifs is 1. The molecule has 2 rings (SSSR count). The molecule has 0 spiro atoms. The van der Waals surface area contributed by atoms with Crippen LogP contribution >= 0.6 is 0 Å². The first-order valence-corrected chi connectivity index (χ1v) is 6.32. The summed E-state index contributed by atoms with van der Waals surface area (Å²) in [5.41, 5.74) is 2.53. The summed E-state index contributed by atoms with van der Waals surface area (Å²) in [7, 11) is 0. The molecule has 3 heteroatoms. The molecule has 0 heterocycles. The minimum atomic E-state index is -0.266. The number of aliphatic hydroxyl groups is 1. The van der Waals surface area contributed by atoms with Crippen molar-refractivity contribution in [2.45, 2.75) is 51.3 Å². The molecule has 3 N–H and O–H groups in total. The third-order valence-electron chi connectivity index (χ3n) is 3.38. The molecule has 1 aromatic carbocycles. The quantitative estimate of drug-likeness (QED) is 0.749. The molecule has 0 radical (unpaired) electrons. The first-order chi connectivity index (χ1) is 8.06. The Labute approximate surface area is 102 Å². The van der Waals surface area contributed by atoms with Crippen molar-refractivity contribution in [2.75, 3.05) is 0 Å². The van der Waals surface area contributed by atoms with Gasteiger partial charge in [-0.05, 0) is 56.4 Å². The Morgan fingerprint density at radius 2 is 2.18 bits per heavy atom. The minimum absolute atomic E-state index is 0.266. The third-order valence-corrected chi connectivity index (χ3v) is 3.38. The molecule has 0 fully saturated rings.